The lowest BCUT2D eigenvalue weighted by atomic mass is 10.1. The van der Waals surface area contributed by atoms with Crippen LogP contribution in [0.25, 0.3) is 21.9 Å². The second-order valence-corrected chi connectivity index (χ2v) is 6.21. The third-order valence-corrected chi connectivity index (χ3v) is 4.60. The van der Waals surface area contributed by atoms with Crippen molar-refractivity contribution in [3.63, 3.8) is 0 Å². The number of hydroxylamine groups is 1. The molecule has 8 heteroatoms. The van der Waals surface area contributed by atoms with Gasteiger partial charge in [0.15, 0.2) is 11.5 Å². The Morgan fingerprint density at radius 2 is 1.79 bits per heavy atom. The second kappa shape index (κ2) is 7.16. The van der Waals surface area contributed by atoms with Crippen molar-refractivity contribution in [3.05, 3.63) is 54.5 Å². The molecule has 2 heterocycles. The van der Waals surface area contributed by atoms with E-state index >= 15 is 0 Å². The third-order valence-electron chi connectivity index (χ3n) is 4.60. The van der Waals surface area contributed by atoms with Gasteiger partial charge in [-0.3, -0.25) is 15.0 Å². The van der Waals surface area contributed by atoms with Gasteiger partial charge in [0.2, 0.25) is 6.41 Å². The SMILES string of the molecule is COc1cc2ncc3ncn(Cc4ccc(N(O)C=O)cc4)c3c2cc1OC. The minimum Gasteiger partial charge on any atom is -0.493 e. The molecule has 0 radical (unpaired) electrons. The van der Waals surface area contributed by atoms with E-state index in [4.69, 9.17) is 9.47 Å². The summed E-state index contributed by atoms with van der Waals surface area (Å²) in [6.45, 7) is 0.566. The van der Waals surface area contributed by atoms with E-state index in [9.17, 15) is 10.0 Å². The standard InChI is InChI=1S/C20H18N4O4/c1-27-18-7-15-16(8-19(18)28-2)21-9-17-20(15)23(11-22-17)10-13-3-5-14(6-4-13)24(26)12-25/h3-9,11-12,26H,10H2,1-2H3. The number of hydrogen-bond acceptors (Lipinski definition) is 6. The number of carbonyl (C=O) groups excluding carboxylic acids is 1. The molecule has 0 saturated heterocycles. The van der Waals surface area contributed by atoms with Crippen LogP contribution in [0.4, 0.5) is 5.69 Å². The Morgan fingerprint density at radius 1 is 1.07 bits per heavy atom. The average Bonchev–Trinajstić information content (AvgIpc) is 3.15. The highest BCUT2D eigenvalue weighted by molar-refractivity contribution is 6.03. The molecule has 0 atom stereocenters. The van der Waals surface area contributed by atoms with Crippen molar-refractivity contribution in [1.29, 1.82) is 0 Å². The summed E-state index contributed by atoms with van der Waals surface area (Å²) in [7, 11) is 3.19. The molecule has 1 amide bonds. The Labute approximate surface area is 160 Å². The number of amides is 1. The summed E-state index contributed by atoms with van der Waals surface area (Å²) in [5, 5.41) is 10.9. The van der Waals surface area contributed by atoms with Gasteiger partial charge >= 0.3 is 0 Å². The highest BCUT2D eigenvalue weighted by Gasteiger charge is 2.13. The van der Waals surface area contributed by atoms with Gasteiger partial charge in [-0.15, -0.1) is 0 Å². The number of ether oxygens (including phenoxy) is 2. The maximum atomic E-state index is 10.7. The molecule has 2 aromatic heterocycles. The Kier molecular flexibility index (Phi) is 4.54. The lowest BCUT2D eigenvalue weighted by molar-refractivity contribution is -0.111. The summed E-state index contributed by atoms with van der Waals surface area (Å²) in [6, 6.07) is 10.8. The molecule has 0 spiro atoms. The zero-order chi connectivity index (χ0) is 19.7. The predicted octanol–water partition coefficient (Wildman–Crippen LogP) is 3.00. The largest absolute Gasteiger partial charge is 0.493 e. The number of carbonyl (C=O) groups is 1. The van der Waals surface area contributed by atoms with Gasteiger partial charge in [0.25, 0.3) is 0 Å². The fraction of sp³-hybridized carbons (Fsp3) is 0.150. The fourth-order valence-electron chi connectivity index (χ4n) is 3.21. The van der Waals surface area contributed by atoms with E-state index in [0.29, 0.717) is 35.2 Å². The van der Waals surface area contributed by atoms with Crippen LogP contribution < -0.4 is 14.5 Å². The van der Waals surface area contributed by atoms with E-state index in [1.54, 1.807) is 38.9 Å². The van der Waals surface area contributed by atoms with Crippen molar-refractivity contribution in [3.8, 4) is 11.5 Å². The number of aromatic nitrogens is 3. The van der Waals surface area contributed by atoms with E-state index < -0.39 is 0 Å². The van der Waals surface area contributed by atoms with Crippen molar-refractivity contribution in [2.45, 2.75) is 6.54 Å². The van der Waals surface area contributed by atoms with E-state index in [1.165, 1.54) is 0 Å². The number of anilines is 1. The van der Waals surface area contributed by atoms with Crippen LogP contribution in [0.5, 0.6) is 11.5 Å². The van der Waals surface area contributed by atoms with E-state index in [1.807, 2.05) is 28.8 Å². The first-order chi connectivity index (χ1) is 13.6. The van der Waals surface area contributed by atoms with E-state index in [-0.39, 0.29) is 0 Å². The molecule has 0 aliphatic rings. The van der Waals surface area contributed by atoms with Crippen LogP contribution in [0.2, 0.25) is 0 Å². The minimum absolute atomic E-state index is 0.346. The van der Waals surface area contributed by atoms with Gasteiger partial charge in [-0.1, -0.05) is 12.1 Å². The molecule has 0 aliphatic carbocycles. The highest BCUT2D eigenvalue weighted by Crippen LogP contribution is 2.34. The molecule has 4 aromatic rings. The number of rotatable bonds is 6. The number of nitrogens with zero attached hydrogens (tertiary/aromatic N) is 4. The van der Waals surface area contributed by atoms with E-state index in [2.05, 4.69) is 9.97 Å². The van der Waals surface area contributed by atoms with Gasteiger partial charge in [0.05, 0.1) is 43.5 Å². The zero-order valence-electron chi connectivity index (χ0n) is 15.4. The Balaban J connectivity index is 1.79. The number of pyridine rings is 1. The first kappa shape index (κ1) is 17.7. The van der Waals surface area contributed by atoms with Crippen LogP contribution in [0.3, 0.4) is 0 Å². The minimum atomic E-state index is 0.346. The molecule has 0 unspecified atom stereocenters. The first-order valence-electron chi connectivity index (χ1n) is 8.52. The monoisotopic (exact) mass is 378 g/mol. The Bertz CT molecular complexity index is 1150. The lowest BCUT2D eigenvalue weighted by Crippen LogP contribution is -2.14. The molecule has 0 bridgehead atoms. The zero-order valence-corrected chi connectivity index (χ0v) is 15.4. The Hall–Kier alpha value is -3.65. The fourth-order valence-corrected chi connectivity index (χ4v) is 3.21. The van der Waals surface area contributed by atoms with Crippen molar-refractivity contribution in [2.75, 3.05) is 19.3 Å². The van der Waals surface area contributed by atoms with Crippen molar-refractivity contribution >= 4 is 34.0 Å². The first-order valence-corrected chi connectivity index (χ1v) is 8.52. The highest BCUT2D eigenvalue weighted by atomic mass is 16.5. The molecule has 0 saturated carbocycles. The van der Waals surface area contributed by atoms with Crippen LogP contribution >= 0.6 is 0 Å². The molecule has 142 valence electrons. The second-order valence-electron chi connectivity index (χ2n) is 6.21. The molecule has 4 rings (SSSR count). The quantitative estimate of drug-likeness (QED) is 0.315. The Morgan fingerprint density at radius 3 is 2.46 bits per heavy atom. The molecule has 0 aliphatic heterocycles. The average molecular weight is 378 g/mol. The summed E-state index contributed by atoms with van der Waals surface area (Å²) in [6.07, 6.45) is 3.84. The van der Waals surface area contributed by atoms with Crippen LogP contribution in [-0.4, -0.2) is 40.4 Å². The van der Waals surface area contributed by atoms with Gasteiger partial charge in [0, 0.05) is 18.0 Å². The van der Waals surface area contributed by atoms with Gasteiger partial charge in [-0.2, -0.15) is 5.06 Å². The molecule has 1 N–H and O–H groups in total. The molecule has 28 heavy (non-hydrogen) atoms. The number of hydrogen-bond donors (Lipinski definition) is 1. The smallest absolute Gasteiger partial charge is 0.237 e. The number of benzene rings is 2. The number of fused-ring (bicyclic) bond motifs is 3. The van der Waals surface area contributed by atoms with Crippen LogP contribution in [0, 0.1) is 0 Å². The molecular formula is C20H18N4O4. The van der Waals surface area contributed by atoms with Crippen molar-refractivity contribution < 1.29 is 19.5 Å². The molecule has 2 aromatic carbocycles. The maximum Gasteiger partial charge on any atom is 0.237 e. The van der Waals surface area contributed by atoms with Gasteiger partial charge < -0.3 is 14.0 Å². The topological polar surface area (TPSA) is 89.7 Å². The van der Waals surface area contributed by atoms with Gasteiger partial charge in [0.1, 0.15) is 5.52 Å². The predicted molar refractivity (Wildman–Crippen MR) is 104 cm³/mol. The van der Waals surface area contributed by atoms with Crippen LogP contribution in [0.1, 0.15) is 5.56 Å². The summed E-state index contributed by atoms with van der Waals surface area (Å²) in [4.78, 5) is 19.6. The summed E-state index contributed by atoms with van der Waals surface area (Å²) < 4.78 is 12.8. The van der Waals surface area contributed by atoms with E-state index in [0.717, 1.165) is 27.5 Å². The van der Waals surface area contributed by atoms with Gasteiger partial charge in [-0.25, -0.2) is 4.98 Å². The number of imidazole rings is 1. The van der Waals surface area contributed by atoms with Crippen LogP contribution in [-0.2, 0) is 11.3 Å². The molecule has 0 fully saturated rings. The lowest BCUT2D eigenvalue weighted by Gasteiger charge is -2.12. The normalized spacial score (nSPS) is 11.0. The molecular weight excluding hydrogens is 360 g/mol. The van der Waals surface area contributed by atoms with Crippen LogP contribution in [0.15, 0.2) is 48.9 Å². The summed E-state index contributed by atoms with van der Waals surface area (Å²) in [5.74, 6) is 1.24. The van der Waals surface area contributed by atoms with Crippen molar-refractivity contribution in [2.24, 2.45) is 0 Å². The van der Waals surface area contributed by atoms with Gasteiger partial charge in [-0.05, 0) is 23.8 Å². The van der Waals surface area contributed by atoms with Crippen molar-refractivity contribution in [1.82, 2.24) is 14.5 Å². The summed E-state index contributed by atoms with van der Waals surface area (Å²) >= 11 is 0. The maximum absolute atomic E-state index is 10.7. The molecule has 8 nitrogen and oxygen atoms in total. The number of methoxy groups -OCH3 is 2. The third kappa shape index (κ3) is 2.99. The summed E-state index contributed by atoms with van der Waals surface area (Å²) in [5.41, 5.74) is 3.89.